The molecule has 3 heteroatoms. The molecule has 0 rings (SSSR count). The maximum atomic E-state index is 9.03. The van der Waals surface area contributed by atoms with Crippen molar-refractivity contribution in [3.05, 3.63) is 0 Å². The molecule has 0 fully saturated rings. The fourth-order valence-corrected chi connectivity index (χ4v) is 0.974. The molecule has 14 heavy (non-hydrogen) atoms. The van der Waals surface area contributed by atoms with Crippen LogP contribution in [0.25, 0.3) is 0 Å². The van der Waals surface area contributed by atoms with E-state index in [1.54, 1.807) is 7.11 Å². The van der Waals surface area contributed by atoms with Gasteiger partial charge in [-0.3, -0.25) is 0 Å². The molecule has 0 radical (unpaired) electrons. The lowest BCUT2D eigenvalue weighted by atomic mass is 9.95. The second-order valence-corrected chi connectivity index (χ2v) is 5.21. The number of aliphatic hydroxyl groups excluding tert-OH is 1. The first kappa shape index (κ1) is 13.9. The Morgan fingerprint density at radius 1 is 1.21 bits per heavy atom. The van der Waals surface area contributed by atoms with Crippen molar-refractivity contribution in [2.45, 2.75) is 39.7 Å². The standard InChI is InChI=1S/C11H25NO2/c1-10(2,9-13)8-12-7-6-11(3,4)14-5/h12-13H,6-9H2,1-5H3. The van der Waals surface area contributed by atoms with E-state index >= 15 is 0 Å². The van der Waals surface area contributed by atoms with E-state index in [1.165, 1.54) is 0 Å². The van der Waals surface area contributed by atoms with Crippen molar-refractivity contribution >= 4 is 0 Å². The van der Waals surface area contributed by atoms with Gasteiger partial charge in [-0.1, -0.05) is 13.8 Å². The Morgan fingerprint density at radius 3 is 2.21 bits per heavy atom. The maximum Gasteiger partial charge on any atom is 0.0634 e. The van der Waals surface area contributed by atoms with E-state index in [4.69, 9.17) is 9.84 Å². The van der Waals surface area contributed by atoms with Crippen molar-refractivity contribution in [1.82, 2.24) is 5.32 Å². The second-order valence-electron chi connectivity index (χ2n) is 5.21. The van der Waals surface area contributed by atoms with Crippen molar-refractivity contribution < 1.29 is 9.84 Å². The Bertz CT molecular complexity index is 137. The zero-order valence-electron chi connectivity index (χ0n) is 10.2. The number of hydrogen-bond acceptors (Lipinski definition) is 3. The lowest BCUT2D eigenvalue weighted by molar-refractivity contribution is 0.0151. The van der Waals surface area contributed by atoms with Crippen molar-refractivity contribution in [2.75, 3.05) is 26.8 Å². The first-order valence-electron chi connectivity index (χ1n) is 5.20. The highest BCUT2D eigenvalue weighted by molar-refractivity contribution is 4.73. The quantitative estimate of drug-likeness (QED) is 0.615. The van der Waals surface area contributed by atoms with Gasteiger partial charge in [0.25, 0.3) is 0 Å². The average molecular weight is 203 g/mol. The van der Waals surface area contributed by atoms with Gasteiger partial charge in [0.1, 0.15) is 0 Å². The zero-order chi connectivity index (χ0) is 11.2. The van der Waals surface area contributed by atoms with Gasteiger partial charge in [-0.2, -0.15) is 0 Å². The number of ether oxygens (including phenoxy) is 1. The summed E-state index contributed by atoms with van der Waals surface area (Å²) in [6.45, 7) is 10.2. The molecule has 0 aromatic heterocycles. The molecule has 0 heterocycles. The van der Waals surface area contributed by atoms with Crippen LogP contribution in [0.1, 0.15) is 34.1 Å². The molecule has 0 aromatic carbocycles. The zero-order valence-corrected chi connectivity index (χ0v) is 10.2. The minimum absolute atomic E-state index is 0.0305. The highest BCUT2D eigenvalue weighted by atomic mass is 16.5. The minimum Gasteiger partial charge on any atom is -0.396 e. The smallest absolute Gasteiger partial charge is 0.0634 e. The van der Waals surface area contributed by atoms with Gasteiger partial charge in [-0.25, -0.2) is 0 Å². The van der Waals surface area contributed by atoms with Gasteiger partial charge in [0.15, 0.2) is 0 Å². The summed E-state index contributed by atoms with van der Waals surface area (Å²) in [4.78, 5) is 0. The summed E-state index contributed by atoms with van der Waals surface area (Å²) in [5.74, 6) is 0. The molecule has 0 aliphatic carbocycles. The number of nitrogens with one attached hydrogen (secondary N) is 1. The fourth-order valence-electron chi connectivity index (χ4n) is 0.974. The third kappa shape index (κ3) is 6.35. The molecule has 0 unspecified atom stereocenters. The predicted molar refractivity (Wildman–Crippen MR) is 59.4 cm³/mol. The van der Waals surface area contributed by atoms with E-state index in [2.05, 4.69) is 19.2 Å². The third-order valence-corrected chi connectivity index (χ3v) is 2.49. The lowest BCUT2D eigenvalue weighted by Gasteiger charge is -2.25. The summed E-state index contributed by atoms with van der Waals surface area (Å²) in [5, 5.41) is 12.4. The van der Waals surface area contributed by atoms with Crippen molar-refractivity contribution in [3.63, 3.8) is 0 Å². The SMILES string of the molecule is COC(C)(C)CCNCC(C)(C)CO. The van der Waals surface area contributed by atoms with Gasteiger partial charge in [0.2, 0.25) is 0 Å². The number of rotatable bonds is 7. The summed E-state index contributed by atoms with van der Waals surface area (Å²) in [5.41, 5.74) is -0.0897. The Morgan fingerprint density at radius 2 is 1.79 bits per heavy atom. The molecular weight excluding hydrogens is 178 g/mol. The largest absolute Gasteiger partial charge is 0.396 e. The molecule has 0 atom stereocenters. The topological polar surface area (TPSA) is 41.5 Å². The van der Waals surface area contributed by atoms with Crippen LogP contribution in [0.3, 0.4) is 0 Å². The second kappa shape index (κ2) is 5.69. The molecule has 0 amide bonds. The molecule has 2 N–H and O–H groups in total. The van der Waals surface area contributed by atoms with Gasteiger partial charge < -0.3 is 15.2 Å². The van der Waals surface area contributed by atoms with Crippen LogP contribution in [-0.2, 0) is 4.74 Å². The maximum absolute atomic E-state index is 9.03. The fraction of sp³-hybridized carbons (Fsp3) is 1.00. The monoisotopic (exact) mass is 203 g/mol. The highest BCUT2D eigenvalue weighted by Crippen LogP contribution is 2.13. The van der Waals surface area contributed by atoms with Crippen LogP contribution in [0, 0.1) is 5.41 Å². The van der Waals surface area contributed by atoms with Crippen molar-refractivity contribution in [1.29, 1.82) is 0 Å². The van der Waals surface area contributed by atoms with Crippen LogP contribution in [0.5, 0.6) is 0 Å². The summed E-state index contributed by atoms with van der Waals surface area (Å²) < 4.78 is 5.31. The first-order chi connectivity index (χ1) is 6.33. The molecule has 3 nitrogen and oxygen atoms in total. The third-order valence-electron chi connectivity index (χ3n) is 2.49. The molecule has 0 bridgehead atoms. The van der Waals surface area contributed by atoms with E-state index in [0.717, 1.165) is 19.5 Å². The van der Waals surface area contributed by atoms with Crippen LogP contribution in [-0.4, -0.2) is 37.5 Å². The lowest BCUT2D eigenvalue weighted by Crippen LogP contribution is -2.35. The molecule has 86 valence electrons. The number of hydrogen-bond donors (Lipinski definition) is 2. The van der Waals surface area contributed by atoms with E-state index in [0.29, 0.717) is 0 Å². The normalized spacial score (nSPS) is 13.3. The van der Waals surface area contributed by atoms with Gasteiger partial charge >= 0.3 is 0 Å². The molecule has 0 aromatic rings. The van der Waals surface area contributed by atoms with Crippen LogP contribution in [0.15, 0.2) is 0 Å². The van der Waals surface area contributed by atoms with Gasteiger partial charge in [0, 0.05) is 25.7 Å². The van der Waals surface area contributed by atoms with Crippen molar-refractivity contribution in [3.8, 4) is 0 Å². The Kier molecular flexibility index (Phi) is 5.64. The van der Waals surface area contributed by atoms with E-state index in [-0.39, 0.29) is 17.6 Å². The minimum atomic E-state index is -0.0592. The van der Waals surface area contributed by atoms with Gasteiger partial charge in [0.05, 0.1) is 5.60 Å². The predicted octanol–water partition coefficient (Wildman–Crippen LogP) is 1.41. The van der Waals surface area contributed by atoms with Crippen LogP contribution >= 0.6 is 0 Å². The van der Waals surface area contributed by atoms with Crippen molar-refractivity contribution in [2.24, 2.45) is 5.41 Å². The molecule has 0 aliphatic rings. The van der Waals surface area contributed by atoms with Crippen LogP contribution < -0.4 is 5.32 Å². The molecule has 0 saturated heterocycles. The van der Waals surface area contributed by atoms with E-state index in [9.17, 15) is 0 Å². The first-order valence-corrected chi connectivity index (χ1v) is 5.20. The summed E-state index contributed by atoms with van der Waals surface area (Å²) >= 11 is 0. The molecular formula is C11H25NO2. The summed E-state index contributed by atoms with van der Waals surface area (Å²) in [6, 6.07) is 0. The summed E-state index contributed by atoms with van der Waals surface area (Å²) in [7, 11) is 1.73. The number of methoxy groups -OCH3 is 1. The van der Waals surface area contributed by atoms with Gasteiger partial charge in [-0.15, -0.1) is 0 Å². The van der Waals surface area contributed by atoms with E-state index < -0.39 is 0 Å². The highest BCUT2D eigenvalue weighted by Gasteiger charge is 2.18. The van der Waals surface area contributed by atoms with Crippen LogP contribution in [0.2, 0.25) is 0 Å². The molecule has 0 aliphatic heterocycles. The van der Waals surface area contributed by atoms with E-state index in [1.807, 2.05) is 13.8 Å². The average Bonchev–Trinajstić information content (AvgIpc) is 2.13. The Labute approximate surface area is 87.8 Å². The summed E-state index contributed by atoms with van der Waals surface area (Å²) in [6.07, 6.45) is 0.977. The Balaban J connectivity index is 3.57. The van der Waals surface area contributed by atoms with Crippen LogP contribution in [0.4, 0.5) is 0 Å². The van der Waals surface area contributed by atoms with Gasteiger partial charge in [-0.05, 0) is 26.8 Å². The Hall–Kier alpha value is -0.120. The number of aliphatic hydroxyl groups is 1. The molecule has 0 spiro atoms. The molecule has 0 saturated carbocycles.